The van der Waals surface area contributed by atoms with Gasteiger partial charge in [-0.1, -0.05) is 12.8 Å². The Bertz CT molecular complexity index is 224. The van der Waals surface area contributed by atoms with E-state index in [0.29, 0.717) is 12.1 Å². The maximum Gasteiger partial charge on any atom is 0.169 e. The summed E-state index contributed by atoms with van der Waals surface area (Å²) >= 11 is 5.50. The van der Waals surface area contributed by atoms with Crippen LogP contribution >= 0.6 is 12.2 Å². The molecule has 0 aromatic carbocycles. The van der Waals surface area contributed by atoms with Gasteiger partial charge in [-0.05, 0) is 51.2 Å². The highest BCUT2D eigenvalue weighted by Crippen LogP contribution is 2.20. The Labute approximate surface area is 98.4 Å². The molecule has 86 valence electrons. The van der Waals surface area contributed by atoms with Crippen LogP contribution in [0.15, 0.2) is 0 Å². The first-order valence-electron chi connectivity index (χ1n) is 6.34. The van der Waals surface area contributed by atoms with Crippen LogP contribution in [0.1, 0.15) is 51.9 Å². The van der Waals surface area contributed by atoms with Crippen LogP contribution in [0.3, 0.4) is 0 Å². The second kappa shape index (κ2) is 5.15. The summed E-state index contributed by atoms with van der Waals surface area (Å²) in [6.45, 7) is 3.45. The van der Waals surface area contributed by atoms with Gasteiger partial charge in [0.05, 0.1) is 0 Å². The van der Waals surface area contributed by atoms with Crippen molar-refractivity contribution in [1.82, 2.24) is 10.2 Å². The number of piperidine rings is 1. The third-order valence-corrected chi connectivity index (χ3v) is 4.10. The second-order valence-electron chi connectivity index (χ2n) is 4.97. The summed E-state index contributed by atoms with van der Waals surface area (Å²) in [6.07, 6.45) is 9.32. The van der Waals surface area contributed by atoms with Gasteiger partial charge in [0, 0.05) is 18.6 Å². The average Bonchev–Trinajstić information content (AvgIpc) is 2.71. The molecule has 1 N–H and O–H groups in total. The van der Waals surface area contributed by atoms with Crippen molar-refractivity contribution in [2.75, 3.05) is 6.54 Å². The molecule has 2 rings (SSSR count). The lowest BCUT2D eigenvalue weighted by molar-refractivity contribution is 0.253. The Balaban J connectivity index is 1.83. The van der Waals surface area contributed by atoms with E-state index in [9.17, 15) is 0 Å². The van der Waals surface area contributed by atoms with Crippen molar-refractivity contribution in [3.05, 3.63) is 0 Å². The van der Waals surface area contributed by atoms with Gasteiger partial charge < -0.3 is 10.2 Å². The smallest absolute Gasteiger partial charge is 0.169 e. The van der Waals surface area contributed by atoms with Gasteiger partial charge in [-0.2, -0.15) is 0 Å². The fourth-order valence-electron chi connectivity index (χ4n) is 2.73. The molecule has 2 aliphatic rings. The third-order valence-electron chi connectivity index (χ3n) is 3.75. The monoisotopic (exact) mass is 226 g/mol. The zero-order valence-corrected chi connectivity index (χ0v) is 10.5. The van der Waals surface area contributed by atoms with Crippen LogP contribution in [0.4, 0.5) is 0 Å². The molecule has 1 aliphatic heterocycles. The Morgan fingerprint density at radius 2 is 1.80 bits per heavy atom. The van der Waals surface area contributed by atoms with Gasteiger partial charge in [0.25, 0.3) is 0 Å². The second-order valence-corrected chi connectivity index (χ2v) is 5.36. The largest absolute Gasteiger partial charge is 0.360 e. The lowest BCUT2D eigenvalue weighted by Gasteiger charge is -2.36. The molecule has 15 heavy (non-hydrogen) atoms. The summed E-state index contributed by atoms with van der Waals surface area (Å²) in [6, 6.07) is 1.30. The molecule has 2 nitrogen and oxygen atoms in total. The Morgan fingerprint density at radius 1 is 1.13 bits per heavy atom. The summed E-state index contributed by atoms with van der Waals surface area (Å²) in [5, 5.41) is 4.54. The number of hydrogen-bond acceptors (Lipinski definition) is 1. The average molecular weight is 226 g/mol. The molecule has 1 atom stereocenters. The van der Waals surface area contributed by atoms with Crippen LogP contribution < -0.4 is 5.32 Å². The Hall–Kier alpha value is -0.310. The van der Waals surface area contributed by atoms with Crippen LogP contribution in [0.5, 0.6) is 0 Å². The normalized spacial score (nSPS) is 28.1. The van der Waals surface area contributed by atoms with Gasteiger partial charge in [-0.25, -0.2) is 0 Å². The van der Waals surface area contributed by atoms with E-state index in [1.807, 2.05) is 0 Å². The zero-order chi connectivity index (χ0) is 10.7. The van der Waals surface area contributed by atoms with Crippen molar-refractivity contribution in [3.63, 3.8) is 0 Å². The van der Waals surface area contributed by atoms with E-state index in [1.54, 1.807) is 0 Å². The van der Waals surface area contributed by atoms with E-state index >= 15 is 0 Å². The standard InChI is InChI=1S/C12H22N2S/c1-10-6-4-5-9-14(10)12(15)13-11-7-2-3-8-11/h10-11H,2-9H2,1H3,(H,13,15)/t10-/m0/s1. The van der Waals surface area contributed by atoms with E-state index in [2.05, 4.69) is 17.1 Å². The molecule has 0 spiro atoms. The summed E-state index contributed by atoms with van der Waals surface area (Å²) in [5.41, 5.74) is 0. The number of likely N-dealkylation sites (tertiary alicyclic amines) is 1. The van der Waals surface area contributed by atoms with Gasteiger partial charge in [-0.3, -0.25) is 0 Å². The van der Waals surface area contributed by atoms with Gasteiger partial charge >= 0.3 is 0 Å². The minimum atomic E-state index is 0.639. The molecule has 2 fully saturated rings. The molecule has 1 aliphatic carbocycles. The molecule has 0 unspecified atom stereocenters. The van der Waals surface area contributed by atoms with Gasteiger partial charge in [0.15, 0.2) is 5.11 Å². The lowest BCUT2D eigenvalue weighted by atomic mass is 10.0. The van der Waals surface area contributed by atoms with Crippen molar-refractivity contribution in [1.29, 1.82) is 0 Å². The first-order chi connectivity index (χ1) is 7.27. The van der Waals surface area contributed by atoms with Crippen LogP contribution in [0, 0.1) is 0 Å². The third kappa shape index (κ3) is 2.83. The van der Waals surface area contributed by atoms with Gasteiger partial charge in [0.2, 0.25) is 0 Å². The van der Waals surface area contributed by atoms with E-state index in [4.69, 9.17) is 12.2 Å². The fraction of sp³-hybridized carbons (Fsp3) is 0.917. The Kier molecular flexibility index (Phi) is 3.84. The number of hydrogen-bond donors (Lipinski definition) is 1. The predicted molar refractivity (Wildman–Crippen MR) is 68.0 cm³/mol. The van der Waals surface area contributed by atoms with Crippen molar-refractivity contribution in [2.24, 2.45) is 0 Å². The van der Waals surface area contributed by atoms with E-state index in [-0.39, 0.29) is 0 Å². The number of thiocarbonyl (C=S) groups is 1. The summed E-state index contributed by atoms with van der Waals surface area (Å²) in [5.74, 6) is 0. The molecule has 1 saturated carbocycles. The first kappa shape index (κ1) is 11.2. The van der Waals surface area contributed by atoms with E-state index < -0.39 is 0 Å². The van der Waals surface area contributed by atoms with Gasteiger partial charge in [-0.15, -0.1) is 0 Å². The number of nitrogens with zero attached hydrogens (tertiary/aromatic N) is 1. The van der Waals surface area contributed by atoms with Crippen LogP contribution in [-0.4, -0.2) is 28.6 Å². The van der Waals surface area contributed by atoms with Crippen molar-refractivity contribution in [3.8, 4) is 0 Å². The molecule has 0 bridgehead atoms. The van der Waals surface area contributed by atoms with Gasteiger partial charge in [0.1, 0.15) is 0 Å². The maximum atomic E-state index is 5.50. The number of nitrogens with one attached hydrogen (secondary N) is 1. The van der Waals surface area contributed by atoms with Crippen molar-refractivity contribution < 1.29 is 0 Å². The highest BCUT2D eigenvalue weighted by Gasteiger charge is 2.23. The molecular formula is C12H22N2S. The minimum Gasteiger partial charge on any atom is -0.360 e. The molecule has 0 amide bonds. The summed E-state index contributed by atoms with van der Waals surface area (Å²) < 4.78 is 0. The van der Waals surface area contributed by atoms with E-state index in [1.165, 1.54) is 44.9 Å². The topological polar surface area (TPSA) is 15.3 Å². The van der Waals surface area contributed by atoms with Crippen molar-refractivity contribution >= 4 is 17.3 Å². The number of rotatable bonds is 1. The highest BCUT2D eigenvalue weighted by molar-refractivity contribution is 7.80. The predicted octanol–water partition coefficient (Wildman–Crippen LogP) is 2.68. The zero-order valence-electron chi connectivity index (χ0n) is 9.67. The van der Waals surface area contributed by atoms with Crippen molar-refractivity contribution in [2.45, 2.75) is 64.0 Å². The summed E-state index contributed by atoms with van der Waals surface area (Å²) in [4.78, 5) is 2.39. The van der Waals surface area contributed by atoms with Crippen LogP contribution in [-0.2, 0) is 0 Å². The fourth-order valence-corrected chi connectivity index (χ4v) is 3.17. The van der Waals surface area contributed by atoms with Crippen LogP contribution in [0.2, 0.25) is 0 Å². The molecule has 0 aromatic heterocycles. The maximum absolute atomic E-state index is 5.50. The lowest BCUT2D eigenvalue weighted by Crippen LogP contribution is -2.49. The molecule has 1 heterocycles. The SMILES string of the molecule is C[C@H]1CCCCN1C(=S)NC1CCCC1. The highest BCUT2D eigenvalue weighted by atomic mass is 32.1. The van der Waals surface area contributed by atoms with E-state index in [0.717, 1.165) is 11.7 Å². The molecule has 3 heteroatoms. The molecular weight excluding hydrogens is 204 g/mol. The first-order valence-corrected chi connectivity index (χ1v) is 6.75. The minimum absolute atomic E-state index is 0.639. The Morgan fingerprint density at radius 3 is 2.47 bits per heavy atom. The molecule has 1 saturated heterocycles. The molecule has 0 aromatic rings. The quantitative estimate of drug-likeness (QED) is 0.692. The molecule has 0 radical (unpaired) electrons. The summed E-state index contributed by atoms with van der Waals surface area (Å²) in [7, 11) is 0. The van der Waals surface area contributed by atoms with Crippen LogP contribution in [0.25, 0.3) is 0 Å².